The molecule has 0 atom stereocenters. The van der Waals surface area contributed by atoms with Crippen molar-refractivity contribution >= 4 is 49.5 Å². The Morgan fingerprint density at radius 2 is 1.92 bits per heavy atom. The standard InChI is InChI=1S/C17H12BrN5O3/c18-9-1-3-12-11(5-9)16(25)23(8-19-12)7-15(24)20-10-2-4-13-14(6-10)22-17(26)21-13/h1-6,8H,7H2,(H,20,24)(H2,21,22,26). The molecule has 2 aromatic carbocycles. The van der Waals surface area contributed by atoms with E-state index in [9.17, 15) is 14.4 Å². The minimum atomic E-state index is -0.375. The van der Waals surface area contributed by atoms with E-state index >= 15 is 0 Å². The molecule has 3 N–H and O–H groups in total. The number of carbonyl (C=O) groups is 1. The maximum absolute atomic E-state index is 12.5. The number of aromatic nitrogens is 4. The van der Waals surface area contributed by atoms with Crippen molar-refractivity contribution in [3.8, 4) is 0 Å². The number of H-pyrrole nitrogens is 2. The van der Waals surface area contributed by atoms with Crippen molar-refractivity contribution in [1.29, 1.82) is 0 Å². The molecule has 1 amide bonds. The van der Waals surface area contributed by atoms with Gasteiger partial charge in [-0.25, -0.2) is 9.78 Å². The number of fused-ring (bicyclic) bond motifs is 2. The highest BCUT2D eigenvalue weighted by Gasteiger charge is 2.10. The fourth-order valence-electron chi connectivity index (χ4n) is 2.71. The lowest BCUT2D eigenvalue weighted by atomic mass is 10.2. The predicted molar refractivity (Wildman–Crippen MR) is 101 cm³/mol. The second-order valence-corrected chi connectivity index (χ2v) is 6.64. The van der Waals surface area contributed by atoms with Gasteiger partial charge in [0.25, 0.3) is 5.56 Å². The van der Waals surface area contributed by atoms with Gasteiger partial charge in [-0.2, -0.15) is 0 Å². The molecule has 0 bridgehead atoms. The molecule has 0 fully saturated rings. The van der Waals surface area contributed by atoms with E-state index in [1.165, 1.54) is 10.9 Å². The third-order valence-corrected chi connectivity index (χ3v) is 4.39. The van der Waals surface area contributed by atoms with Gasteiger partial charge in [0.1, 0.15) is 6.54 Å². The average molecular weight is 414 g/mol. The number of amides is 1. The Morgan fingerprint density at radius 3 is 2.77 bits per heavy atom. The second-order valence-electron chi connectivity index (χ2n) is 5.73. The summed E-state index contributed by atoms with van der Waals surface area (Å²) >= 11 is 3.32. The molecule has 130 valence electrons. The van der Waals surface area contributed by atoms with Crippen LogP contribution in [0, 0.1) is 0 Å². The first-order valence-electron chi connectivity index (χ1n) is 7.66. The van der Waals surface area contributed by atoms with Crippen LogP contribution in [0.2, 0.25) is 0 Å². The first-order valence-corrected chi connectivity index (χ1v) is 8.45. The normalized spacial score (nSPS) is 11.1. The first kappa shape index (κ1) is 16.3. The van der Waals surface area contributed by atoms with Crippen molar-refractivity contribution < 1.29 is 4.79 Å². The zero-order chi connectivity index (χ0) is 18.3. The molecule has 4 rings (SSSR count). The zero-order valence-electron chi connectivity index (χ0n) is 13.2. The van der Waals surface area contributed by atoms with Crippen LogP contribution in [0.5, 0.6) is 0 Å². The lowest BCUT2D eigenvalue weighted by Crippen LogP contribution is -2.27. The fourth-order valence-corrected chi connectivity index (χ4v) is 3.07. The van der Waals surface area contributed by atoms with E-state index in [0.29, 0.717) is 27.6 Å². The maximum Gasteiger partial charge on any atom is 0.323 e. The number of rotatable bonds is 3. The van der Waals surface area contributed by atoms with Crippen molar-refractivity contribution in [2.45, 2.75) is 6.54 Å². The van der Waals surface area contributed by atoms with Gasteiger partial charge in [-0.05, 0) is 36.4 Å². The lowest BCUT2D eigenvalue weighted by Gasteiger charge is -2.08. The van der Waals surface area contributed by atoms with Gasteiger partial charge >= 0.3 is 5.69 Å². The van der Waals surface area contributed by atoms with Gasteiger partial charge in [0.15, 0.2) is 0 Å². The van der Waals surface area contributed by atoms with Gasteiger partial charge in [0.05, 0.1) is 28.3 Å². The molecule has 26 heavy (non-hydrogen) atoms. The number of hydrogen-bond acceptors (Lipinski definition) is 4. The number of anilines is 1. The van der Waals surface area contributed by atoms with Gasteiger partial charge in [-0.15, -0.1) is 0 Å². The molecule has 0 aliphatic carbocycles. The van der Waals surface area contributed by atoms with Crippen molar-refractivity contribution in [2.24, 2.45) is 0 Å². The van der Waals surface area contributed by atoms with Crippen LogP contribution < -0.4 is 16.6 Å². The smallest absolute Gasteiger partial charge is 0.323 e. The van der Waals surface area contributed by atoms with E-state index in [4.69, 9.17) is 0 Å². The summed E-state index contributed by atoms with van der Waals surface area (Å²) in [4.78, 5) is 45.6. The van der Waals surface area contributed by atoms with Crippen LogP contribution in [0.4, 0.5) is 5.69 Å². The molecule has 9 heteroatoms. The topological polar surface area (TPSA) is 113 Å². The summed E-state index contributed by atoms with van der Waals surface area (Å²) in [6, 6.07) is 10.2. The molecule has 0 aliphatic rings. The number of nitrogens with zero attached hydrogens (tertiary/aromatic N) is 2. The third-order valence-electron chi connectivity index (χ3n) is 3.90. The lowest BCUT2D eigenvalue weighted by molar-refractivity contribution is -0.116. The minimum Gasteiger partial charge on any atom is -0.324 e. The predicted octanol–water partition coefficient (Wildman–Crippen LogP) is 1.97. The van der Waals surface area contributed by atoms with Crippen molar-refractivity contribution in [3.05, 3.63) is 68.0 Å². The van der Waals surface area contributed by atoms with Crippen LogP contribution in [0.3, 0.4) is 0 Å². The van der Waals surface area contributed by atoms with Gasteiger partial charge in [-0.1, -0.05) is 15.9 Å². The Bertz CT molecular complexity index is 1270. The van der Waals surface area contributed by atoms with E-state index < -0.39 is 0 Å². The van der Waals surface area contributed by atoms with Gasteiger partial charge in [0, 0.05) is 10.2 Å². The van der Waals surface area contributed by atoms with E-state index in [0.717, 1.165) is 4.47 Å². The number of imidazole rings is 1. The maximum atomic E-state index is 12.5. The minimum absolute atomic E-state index is 0.171. The number of benzene rings is 2. The molecular weight excluding hydrogens is 402 g/mol. The summed E-state index contributed by atoms with van der Waals surface area (Å²) in [6.45, 7) is -0.171. The molecule has 0 radical (unpaired) electrons. The zero-order valence-corrected chi connectivity index (χ0v) is 14.8. The summed E-state index contributed by atoms with van der Waals surface area (Å²) in [5.41, 5.74) is 1.70. The summed E-state index contributed by atoms with van der Waals surface area (Å²) in [5, 5.41) is 3.14. The monoisotopic (exact) mass is 413 g/mol. The van der Waals surface area contributed by atoms with Crippen molar-refractivity contribution in [3.63, 3.8) is 0 Å². The molecule has 0 unspecified atom stereocenters. The molecule has 0 aliphatic heterocycles. The highest BCUT2D eigenvalue weighted by Crippen LogP contribution is 2.16. The summed E-state index contributed by atoms with van der Waals surface area (Å²) in [6.07, 6.45) is 1.35. The third kappa shape index (κ3) is 3.04. The fraction of sp³-hybridized carbons (Fsp3) is 0.0588. The van der Waals surface area contributed by atoms with Crippen LogP contribution in [0.1, 0.15) is 0 Å². The Balaban J connectivity index is 1.59. The van der Waals surface area contributed by atoms with Crippen LogP contribution >= 0.6 is 15.9 Å². The molecule has 8 nitrogen and oxygen atoms in total. The van der Waals surface area contributed by atoms with Gasteiger partial charge < -0.3 is 15.3 Å². The molecule has 2 aromatic heterocycles. The highest BCUT2D eigenvalue weighted by molar-refractivity contribution is 9.10. The average Bonchev–Trinajstić information content (AvgIpc) is 2.97. The summed E-state index contributed by atoms with van der Waals surface area (Å²) < 4.78 is 2.01. The van der Waals surface area contributed by atoms with Crippen LogP contribution in [-0.4, -0.2) is 25.4 Å². The number of nitrogens with one attached hydrogen (secondary N) is 3. The van der Waals surface area contributed by atoms with Crippen molar-refractivity contribution in [2.75, 3.05) is 5.32 Å². The molecule has 2 heterocycles. The number of carbonyl (C=O) groups excluding carboxylic acids is 1. The molecule has 0 saturated heterocycles. The van der Waals surface area contributed by atoms with E-state index in [-0.39, 0.29) is 23.7 Å². The molecule has 0 saturated carbocycles. The molecular formula is C17H12BrN5O3. The van der Waals surface area contributed by atoms with Crippen LogP contribution in [-0.2, 0) is 11.3 Å². The number of halogens is 1. The number of aromatic amines is 2. The Hall–Kier alpha value is -3.20. The largest absolute Gasteiger partial charge is 0.324 e. The molecule has 4 aromatic rings. The SMILES string of the molecule is O=C(Cn1cnc2ccc(Br)cc2c1=O)Nc1ccc2[nH]c(=O)[nH]c2c1. The first-order chi connectivity index (χ1) is 12.5. The van der Waals surface area contributed by atoms with E-state index in [2.05, 4.69) is 36.2 Å². The molecule has 0 spiro atoms. The van der Waals surface area contributed by atoms with Gasteiger partial charge in [-0.3, -0.25) is 14.2 Å². The van der Waals surface area contributed by atoms with E-state index in [1.54, 1.807) is 36.4 Å². The van der Waals surface area contributed by atoms with Gasteiger partial charge in [0.2, 0.25) is 5.91 Å². The quantitative estimate of drug-likeness (QED) is 0.476. The second kappa shape index (κ2) is 6.26. The number of hydrogen-bond donors (Lipinski definition) is 3. The van der Waals surface area contributed by atoms with Crippen LogP contribution in [0.15, 0.2) is 56.8 Å². The van der Waals surface area contributed by atoms with Crippen molar-refractivity contribution in [1.82, 2.24) is 19.5 Å². The van der Waals surface area contributed by atoms with E-state index in [1.807, 2.05) is 0 Å². The summed E-state index contributed by atoms with van der Waals surface area (Å²) in [5.74, 6) is -0.375. The highest BCUT2D eigenvalue weighted by atomic mass is 79.9. The Kier molecular flexibility index (Phi) is 3.92. The Labute approximate surface area is 154 Å². The summed E-state index contributed by atoms with van der Waals surface area (Å²) in [7, 11) is 0. The van der Waals surface area contributed by atoms with Crippen LogP contribution in [0.25, 0.3) is 21.9 Å². The Morgan fingerprint density at radius 1 is 1.12 bits per heavy atom.